The standard InChI is InChI=1S/C22H26ClN3O5S/c1-22(2,3)31-21(28)26-11-10-16-12-15(4-9-19(16)26)13-25(14-20(24)27)32(29,30)18-7-5-17(23)6-8-18/h4-9,12H,10-11,13-14H2,1-3H3,(H2,24,27). The second-order valence-electron chi connectivity index (χ2n) is 8.54. The van der Waals surface area contributed by atoms with Gasteiger partial charge in [-0.3, -0.25) is 9.69 Å². The molecule has 0 saturated heterocycles. The number of nitrogens with two attached hydrogens (primary N) is 1. The molecule has 0 aromatic heterocycles. The minimum Gasteiger partial charge on any atom is -0.443 e. The van der Waals surface area contributed by atoms with Crippen molar-refractivity contribution in [2.45, 2.75) is 44.2 Å². The number of nitrogens with zero attached hydrogens (tertiary/aromatic N) is 2. The number of fused-ring (bicyclic) bond motifs is 1. The first-order valence-corrected chi connectivity index (χ1v) is 11.8. The average Bonchev–Trinajstić information content (AvgIpc) is 3.09. The van der Waals surface area contributed by atoms with E-state index < -0.39 is 34.2 Å². The van der Waals surface area contributed by atoms with Gasteiger partial charge in [0.2, 0.25) is 15.9 Å². The predicted molar refractivity (Wildman–Crippen MR) is 122 cm³/mol. The molecule has 1 aliphatic rings. The van der Waals surface area contributed by atoms with E-state index in [2.05, 4.69) is 0 Å². The first kappa shape index (κ1) is 24.0. The molecule has 1 heterocycles. The van der Waals surface area contributed by atoms with E-state index in [9.17, 15) is 18.0 Å². The lowest BCUT2D eigenvalue weighted by atomic mass is 10.1. The maximum atomic E-state index is 13.1. The Kier molecular flexibility index (Phi) is 6.83. The number of carbonyl (C=O) groups excluding carboxylic acids is 2. The molecule has 0 spiro atoms. The lowest BCUT2D eigenvalue weighted by Crippen LogP contribution is -2.38. The molecule has 8 nitrogen and oxygen atoms in total. The van der Waals surface area contributed by atoms with E-state index in [0.29, 0.717) is 23.6 Å². The molecule has 32 heavy (non-hydrogen) atoms. The fourth-order valence-electron chi connectivity index (χ4n) is 3.42. The van der Waals surface area contributed by atoms with Gasteiger partial charge >= 0.3 is 6.09 Å². The second kappa shape index (κ2) is 9.09. The number of sulfonamides is 1. The van der Waals surface area contributed by atoms with Crippen LogP contribution >= 0.6 is 11.6 Å². The summed E-state index contributed by atoms with van der Waals surface area (Å²) in [6, 6.07) is 11.0. The fraction of sp³-hybridized carbons (Fsp3) is 0.364. The Hall–Kier alpha value is -2.62. The summed E-state index contributed by atoms with van der Waals surface area (Å²) in [7, 11) is -3.98. The lowest BCUT2D eigenvalue weighted by Gasteiger charge is -2.25. The molecule has 172 valence electrons. The van der Waals surface area contributed by atoms with Crippen molar-refractivity contribution in [1.29, 1.82) is 0 Å². The van der Waals surface area contributed by atoms with Crippen LogP contribution in [0.4, 0.5) is 10.5 Å². The minimum atomic E-state index is -3.98. The zero-order chi connectivity index (χ0) is 23.7. The van der Waals surface area contributed by atoms with E-state index in [0.717, 1.165) is 15.6 Å². The molecule has 0 fully saturated rings. The monoisotopic (exact) mass is 479 g/mol. The van der Waals surface area contributed by atoms with Gasteiger partial charge in [0.1, 0.15) is 5.60 Å². The first-order valence-electron chi connectivity index (χ1n) is 10.0. The molecule has 3 rings (SSSR count). The maximum Gasteiger partial charge on any atom is 0.414 e. The summed E-state index contributed by atoms with van der Waals surface area (Å²) < 4.78 is 32.7. The van der Waals surface area contributed by atoms with Crippen molar-refractivity contribution in [2.24, 2.45) is 5.73 Å². The Morgan fingerprint density at radius 1 is 1.16 bits per heavy atom. The Labute approximate surface area is 192 Å². The average molecular weight is 480 g/mol. The number of ether oxygens (including phenoxy) is 1. The van der Waals surface area contributed by atoms with Crippen LogP contribution in [0.25, 0.3) is 0 Å². The van der Waals surface area contributed by atoms with Gasteiger partial charge in [0.25, 0.3) is 0 Å². The summed E-state index contributed by atoms with van der Waals surface area (Å²) in [6.07, 6.45) is 0.187. The largest absolute Gasteiger partial charge is 0.443 e. The summed E-state index contributed by atoms with van der Waals surface area (Å²) in [5, 5.41) is 0.401. The zero-order valence-corrected chi connectivity index (χ0v) is 19.7. The molecule has 0 atom stereocenters. The van der Waals surface area contributed by atoms with Crippen molar-refractivity contribution in [2.75, 3.05) is 18.0 Å². The number of amides is 2. The van der Waals surface area contributed by atoms with Crippen LogP contribution in [-0.2, 0) is 32.5 Å². The molecule has 1 aliphatic heterocycles. The molecule has 0 saturated carbocycles. The van der Waals surface area contributed by atoms with Crippen molar-refractivity contribution in [1.82, 2.24) is 4.31 Å². The van der Waals surface area contributed by atoms with Gasteiger partial charge in [-0.15, -0.1) is 0 Å². The van der Waals surface area contributed by atoms with Crippen LogP contribution in [0.5, 0.6) is 0 Å². The number of benzene rings is 2. The smallest absolute Gasteiger partial charge is 0.414 e. The highest BCUT2D eigenvalue weighted by Crippen LogP contribution is 2.31. The van der Waals surface area contributed by atoms with E-state index >= 15 is 0 Å². The van der Waals surface area contributed by atoms with E-state index in [4.69, 9.17) is 22.1 Å². The summed E-state index contributed by atoms with van der Waals surface area (Å²) in [5.41, 5.74) is 7.01. The second-order valence-corrected chi connectivity index (χ2v) is 10.9. The van der Waals surface area contributed by atoms with Crippen LogP contribution in [0.2, 0.25) is 5.02 Å². The number of primary amides is 1. The van der Waals surface area contributed by atoms with Gasteiger partial charge in [-0.1, -0.05) is 23.7 Å². The molecule has 10 heteroatoms. The molecule has 0 bridgehead atoms. The van der Waals surface area contributed by atoms with Crippen LogP contribution in [-0.4, -0.2) is 43.4 Å². The van der Waals surface area contributed by atoms with Gasteiger partial charge in [0, 0.05) is 18.1 Å². The van der Waals surface area contributed by atoms with Crippen LogP contribution < -0.4 is 10.6 Å². The Bertz CT molecular complexity index is 1130. The highest BCUT2D eigenvalue weighted by atomic mass is 35.5. The van der Waals surface area contributed by atoms with Gasteiger partial charge in [0.05, 0.1) is 17.1 Å². The van der Waals surface area contributed by atoms with Gasteiger partial charge in [-0.2, -0.15) is 4.31 Å². The molecular weight excluding hydrogens is 454 g/mol. The summed E-state index contributed by atoms with van der Waals surface area (Å²) >= 11 is 5.86. The van der Waals surface area contributed by atoms with Crippen LogP contribution in [0.15, 0.2) is 47.4 Å². The van der Waals surface area contributed by atoms with Crippen molar-refractivity contribution in [3.8, 4) is 0 Å². The Morgan fingerprint density at radius 2 is 1.81 bits per heavy atom. The first-order chi connectivity index (χ1) is 14.9. The number of hydrogen-bond donors (Lipinski definition) is 1. The molecule has 2 N–H and O–H groups in total. The van der Waals surface area contributed by atoms with Crippen LogP contribution in [0.1, 0.15) is 31.9 Å². The van der Waals surface area contributed by atoms with Gasteiger partial charge in [-0.05, 0) is 68.7 Å². The maximum absolute atomic E-state index is 13.1. The molecule has 0 radical (unpaired) electrons. The molecule has 2 aromatic rings. The Balaban J connectivity index is 1.85. The van der Waals surface area contributed by atoms with Crippen LogP contribution in [0, 0.1) is 0 Å². The van der Waals surface area contributed by atoms with Crippen molar-refractivity contribution >= 4 is 39.3 Å². The van der Waals surface area contributed by atoms with Crippen LogP contribution in [0.3, 0.4) is 0 Å². The highest BCUT2D eigenvalue weighted by molar-refractivity contribution is 7.89. The Morgan fingerprint density at radius 3 is 2.41 bits per heavy atom. The highest BCUT2D eigenvalue weighted by Gasteiger charge is 2.30. The normalized spacial score (nSPS) is 13.8. The third-order valence-corrected chi connectivity index (χ3v) is 6.85. The molecule has 0 aliphatic carbocycles. The predicted octanol–water partition coefficient (Wildman–Crippen LogP) is 3.31. The molecule has 2 aromatic carbocycles. The number of rotatable bonds is 6. The third kappa shape index (κ3) is 5.59. The summed E-state index contributed by atoms with van der Waals surface area (Å²) in [4.78, 5) is 25.6. The summed E-state index contributed by atoms with van der Waals surface area (Å²) in [6.45, 7) is 5.37. The van der Waals surface area contributed by atoms with Gasteiger partial charge in [-0.25, -0.2) is 13.2 Å². The number of carbonyl (C=O) groups is 2. The summed E-state index contributed by atoms with van der Waals surface area (Å²) in [5.74, 6) is -0.764. The fourth-order valence-corrected chi connectivity index (χ4v) is 4.94. The number of anilines is 1. The zero-order valence-electron chi connectivity index (χ0n) is 18.2. The van der Waals surface area contributed by atoms with E-state index in [1.807, 2.05) is 6.07 Å². The van der Waals surface area contributed by atoms with Crippen molar-refractivity contribution in [3.05, 3.63) is 58.6 Å². The van der Waals surface area contributed by atoms with E-state index in [1.165, 1.54) is 24.3 Å². The van der Waals surface area contributed by atoms with Gasteiger partial charge < -0.3 is 10.5 Å². The van der Waals surface area contributed by atoms with Crippen molar-refractivity contribution in [3.63, 3.8) is 0 Å². The molecule has 2 amide bonds. The minimum absolute atomic E-state index is 0.0143. The van der Waals surface area contributed by atoms with Crippen molar-refractivity contribution < 1.29 is 22.7 Å². The third-order valence-electron chi connectivity index (χ3n) is 4.80. The van der Waals surface area contributed by atoms with E-state index in [-0.39, 0.29) is 11.4 Å². The molecular formula is C22H26ClN3O5S. The van der Waals surface area contributed by atoms with Gasteiger partial charge in [0.15, 0.2) is 0 Å². The molecule has 0 unspecified atom stereocenters. The SMILES string of the molecule is CC(C)(C)OC(=O)N1CCc2cc(CN(CC(N)=O)S(=O)(=O)c3ccc(Cl)cc3)ccc21. The van der Waals surface area contributed by atoms with E-state index in [1.54, 1.807) is 37.8 Å². The quantitative estimate of drug-likeness (QED) is 0.683. The lowest BCUT2D eigenvalue weighted by molar-refractivity contribution is -0.118. The number of halogens is 1. The topological polar surface area (TPSA) is 110 Å². The number of hydrogen-bond acceptors (Lipinski definition) is 5.